The molecule has 0 spiro atoms. The topological polar surface area (TPSA) is 6.48 Å². The Morgan fingerprint density at radius 1 is 0.647 bits per heavy atom. The van der Waals surface area contributed by atoms with Gasteiger partial charge < -0.3 is 9.80 Å². The number of hydrogen-bond donors (Lipinski definition) is 0. The van der Waals surface area contributed by atoms with E-state index in [4.69, 9.17) is 0 Å². The van der Waals surface area contributed by atoms with Crippen molar-refractivity contribution in [3.8, 4) is 0 Å². The van der Waals surface area contributed by atoms with Crippen molar-refractivity contribution in [3.63, 3.8) is 0 Å². The summed E-state index contributed by atoms with van der Waals surface area (Å²) in [6.07, 6.45) is 9.36. The number of rotatable bonds is 10. The van der Waals surface area contributed by atoms with E-state index in [9.17, 15) is 0 Å². The highest BCUT2D eigenvalue weighted by atomic mass is 15.1. The van der Waals surface area contributed by atoms with Crippen molar-refractivity contribution in [2.75, 3.05) is 28.2 Å². The first-order valence-corrected chi connectivity index (χ1v) is 7.35. The molecule has 0 aliphatic carbocycles. The molecule has 0 amide bonds. The predicted molar refractivity (Wildman–Crippen MR) is 78.6 cm³/mol. The molecule has 2 heteroatoms. The van der Waals surface area contributed by atoms with Gasteiger partial charge in [0.25, 0.3) is 0 Å². The molecular formula is C15H34N2. The molecule has 0 bridgehead atoms. The Morgan fingerprint density at radius 2 is 1.00 bits per heavy atom. The minimum atomic E-state index is 0.782. The summed E-state index contributed by atoms with van der Waals surface area (Å²) in [5, 5.41) is 0. The Bertz CT molecular complexity index is 148. The summed E-state index contributed by atoms with van der Waals surface area (Å²) in [6, 6.07) is 1.56. The smallest absolute Gasteiger partial charge is 0.00890 e. The maximum atomic E-state index is 2.40. The van der Waals surface area contributed by atoms with Gasteiger partial charge in [0.05, 0.1) is 0 Å². The quantitative estimate of drug-likeness (QED) is 0.577. The van der Waals surface area contributed by atoms with E-state index < -0.39 is 0 Å². The van der Waals surface area contributed by atoms with Crippen molar-refractivity contribution in [3.05, 3.63) is 0 Å². The van der Waals surface area contributed by atoms with Crippen molar-refractivity contribution < 1.29 is 0 Å². The van der Waals surface area contributed by atoms with Gasteiger partial charge >= 0.3 is 0 Å². The molecule has 0 saturated heterocycles. The van der Waals surface area contributed by atoms with E-state index in [0.29, 0.717) is 0 Å². The van der Waals surface area contributed by atoms with E-state index in [1.165, 1.54) is 44.9 Å². The van der Waals surface area contributed by atoms with Crippen LogP contribution in [0.4, 0.5) is 0 Å². The normalized spacial score (nSPS) is 15.5. The minimum absolute atomic E-state index is 0.782. The summed E-state index contributed by atoms with van der Waals surface area (Å²) < 4.78 is 0. The third-order valence-corrected chi connectivity index (χ3v) is 3.78. The second-order valence-corrected chi connectivity index (χ2v) is 5.74. The van der Waals surface area contributed by atoms with Gasteiger partial charge in [0.15, 0.2) is 0 Å². The molecule has 0 aromatic carbocycles. The molecule has 0 rings (SSSR count). The molecule has 2 nitrogen and oxygen atoms in total. The Labute approximate surface area is 109 Å². The van der Waals surface area contributed by atoms with E-state index in [2.05, 4.69) is 51.8 Å². The summed E-state index contributed by atoms with van der Waals surface area (Å²) in [6.45, 7) is 4.58. The first-order chi connectivity index (χ1) is 8.02. The fourth-order valence-electron chi connectivity index (χ4n) is 2.58. The first kappa shape index (κ1) is 16.9. The zero-order valence-corrected chi connectivity index (χ0v) is 13.0. The predicted octanol–water partition coefficient (Wildman–Crippen LogP) is 3.62. The van der Waals surface area contributed by atoms with Crippen molar-refractivity contribution >= 4 is 0 Å². The highest BCUT2D eigenvalue weighted by Crippen LogP contribution is 2.16. The Balaban J connectivity index is 3.91. The maximum absolute atomic E-state index is 2.40. The van der Waals surface area contributed by atoms with E-state index in [-0.39, 0.29) is 0 Å². The SMILES string of the molecule is CCCC(CCCC(CCC)N(C)C)N(C)C. The number of nitrogens with zero attached hydrogens (tertiary/aromatic N) is 2. The van der Waals surface area contributed by atoms with E-state index >= 15 is 0 Å². The average molecular weight is 242 g/mol. The lowest BCUT2D eigenvalue weighted by molar-refractivity contribution is 0.226. The van der Waals surface area contributed by atoms with Crippen LogP contribution >= 0.6 is 0 Å². The van der Waals surface area contributed by atoms with Crippen LogP contribution in [0, 0.1) is 0 Å². The van der Waals surface area contributed by atoms with Gasteiger partial charge in [0, 0.05) is 12.1 Å². The second-order valence-electron chi connectivity index (χ2n) is 5.74. The van der Waals surface area contributed by atoms with Crippen molar-refractivity contribution in [2.24, 2.45) is 0 Å². The highest BCUT2D eigenvalue weighted by molar-refractivity contribution is 4.70. The molecule has 0 aliphatic rings. The van der Waals surface area contributed by atoms with E-state index in [1.54, 1.807) is 0 Å². The summed E-state index contributed by atoms with van der Waals surface area (Å²) >= 11 is 0. The third kappa shape index (κ3) is 7.77. The molecular weight excluding hydrogens is 208 g/mol. The summed E-state index contributed by atoms with van der Waals surface area (Å²) in [4.78, 5) is 4.79. The van der Waals surface area contributed by atoms with Gasteiger partial charge in [-0.1, -0.05) is 33.1 Å². The van der Waals surface area contributed by atoms with E-state index in [0.717, 1.165) is 12.1 Å². The molecule has 0 aromatic heterocycles. The number of hydrogen-bond acceptors (Lipinski definition) is 2. The van der Waals surface area contributed by atoms with Crippen LogP contribution in [-0.4, -0.2) is 50.1 Å². The zero-order valence-electron chi connectivity index (χ0n) is 13.0. The fraction of sp³-hybridized carbons (Fsp3) is 1.00. The highest BCUT2D eigenvalue weighted by Gasteiger charge is 2.13. The third-order valence-electron chi connectivity index (χ3n) is 3.78. The first-order valence-electron chi connectivity index (χ1n) is 7.35. The molecule has 0 radical (unpaired) electrons. The maximum Gasteiger partial charge on any atom is 0.00890 e. The molecule has 0 heterocycles. The van der Waals surface area contributed by atoms with Gasteiger partial charge in [0.2, 0.25) is 0 Å². The van der Waals surface area contributed by atoms with Crippen LogP contribution in [0.25, 0.3) is 0 Å². The van der Waals surface area contributed by atoms with Crippen LogP contribution in [0.2, 0.25) is 0 Å². The molecule has 2 unspecified atom stereocenters. The van der Waals surface area contributed by atoms with Gasteiger partial charge in [-0.3, -0.25) is 0 Å². The lowest BCUT2D eigenvalue weighted by atomic mass is 9.99. The van der Waals surface area contributed by atoms with Crippen LogP contribution in [0.5, 0.6) is 0 Å². The van der Waals surface area contributed by atoms with Gasteiger partial charge in [-0.2, -0.15) is 0 Å². The van der Waals surface area contributed by atoms with Gasteiger partial charge in [-0.05, 0) is 53.9 Å². The van der Waals surface area contributed by atoms with Crippen molar-refractivity contribution in [1.82, 2.24) is 9.80 Å². The fourth-order valence-corrected chi connectivity index (χ4v) is 2.58. The molecule has 0 aliphatic heterocycles. The van der Waals surface area contributed by atoms with Gasteiger partial charge in [-0.15, -0.1) is 0 Å². The molecule has 0 aromatic rings. The lowest BCUT2D eigenvalue weighted by Gasteiger charge is -2.27. The standard InChI is InChI=1S/C15H34N2/c1-7-10-14(16(3)4)12-9-13-15(11-8-2)17(5)6/h14-15H,7-13H2,1-6H3. The molecule has 17 heavy (non-hydrogen) atoms. The molecule has 2 atom stereocenters. The molecule has 0 fully saturated rings. The average Bonchev–Trinajstić information content (AvgIpc) is 2.26. The van der Waals surface area contributed by atoms with Crippen LogP contribution < -0.4 is 0 Å². The second kappa shape index (κ2) is 9.90. The summed E-state index contributed by atoms with van der Waals surface area (Å²) in [5.74, 6) is 0. The molecule has 0 saturated carbocycles. The van der Waals surface area contributed by atoms with Crippen molar-refractivity contribution in [2.45, 2.75) is 70.9 Å². The summed E-state index contributed by atoms with van der Waals surface area (Å²) in [7, 11) is 8.87. The molecule has 0 N–H and O–H groups in total. The van der Waals surface area contributed by atoms with Gasteiger partial charge in [-0.25, -0.2) is 0 Å². The van der Waals surface area contributed by atoms with Crippen LogP contribution in [0.15, 0.2) is 0 Å². The monoisotopic (exact) mass is 242 g/mol. The van der Waals surface area contributed by atoms with Crippen LogP contribution in [-0.2, 0) is 0 Å². The Morgan fingerprint density at radius 3 is 1.24 bits per heavy atom. The lowest BCUT2D eigenvalue weighted by Crippen LogP contribution is -2.30. The van der Waals surface area contributed by atoms with Gasteiger partial charge in [0.1, 0.15) is 0 Å². The minimum Gasteiger partial charge on any atom is -0.306 e. The van der Waals surface area contributed by atoms with Crippen molar-refractivity contribution in [1.29, 1.82) is 0 Å². The Hall–Kier alpha value is -0.0800. The zero-order chi connectivity index (χ0) is 13.3. The largest absolute Gasteiger partial charge is 0.306 e. The summed E-state index contributed by atoms with van der Waals surface area (Å²) in [5.41, 5.74) is 0. The molecule has 104 valence electrons. The van der Waals surface area contributed by atoms with E-state index in [1.807, 2.05) is 0 Å². The van der Waals surface area contributed by atoms with Crippen LogP contribution in [0.3, 0.4) is 0 Å². The van der Waals surface area contributed by atoms with Crippen LogP contribution in [0.1, 0.15) is 58.8 Å². The Kier molecular flexibility index (Phi) is 9.85.